The van der Waals surface area contributed by atoms with Gasteiger partial charge in [-0.2, -0.15) is 4.31 Å². The molecule has 0 aliphatic carbocycles. The van der Waals surface area contributed by atoms with Crippen molar-refractivity contribution in [2.24, 2.45) is 0 Å². The molecular weight excluding hydrogens is 264 g/mol. The Hall–Kier alpha value is -0.920. The Morgan fingerprint density at radius 3 is 2.89 bits per heavy atom. The van der Waals surface area contributed by atoms with Crippen molar-refractivity contribution in [1.29, 1.82) is 0 Å². The second kappa shape index (κ2) is 6.02. The van der Waals surface area contributed by atoms with Crippen molar-refractivity contribution in [3.63, 3.8) is 0 Å². The molecule has 1 fully saturated rings. The number of imidazole rings is 1. The third-order valence-electron chi connectivity index (χ3n) is 3.66. The number of nitrogens with zero attached hydrogens (tertiary/aromatic N) is 2. The number of rotatable bonds is 4. The van der Waals surface area contributed by atoms with Crippen LogP contribution in [0.25, 0.3) is 0 Å². The van der Waals surface area contributed by atoms with E-state index in [0.717, 1.165) is 32.4 Å². The Morgan fingerprint density at radius 2 is 2.21 bits per heavy atom. The topological polar surface area (TPSA) is 78.1 Å². The lowest BCUT2D eigenvalue weighted by atomic mass is 10.1. The zero-order chi connectivity index (χ0) is 13.9. The van der Waals surface area contributed by atoms with Gasteiger partial charge in [0, 0.05) is 19.5 Å². The molecule has 2 N–H and O–H groups in total. The first kappa shape index (κ1) is 14.5. The highest BCUT2D eigenvalue weighted by molar-refractivity contribution is 7.89. The highest BCUT2D eigenvalue weighted by atomic mass is 32.2. The molecule has 0 bridgehead atoms. The van der Waals surface area contributed by atoms with E-state index in [4.69, 9.17) is 0 Å². The molecule has 1 aliphatic heterocycles. The minimum Gasteiger partial charge on any atom is -0.332 e. The summed E-state index contributed by atoms with van der Waals surface area (Å²) in [5.41, 5.74) is 0. The van der Waals surface area contributed by atoms with Crippen LogP contribution in [-0.4, -0.2) is 48.9 Å². The van der Waals surface area contributed by atoms with Gasteiger partial charge in [-0.25, -0.2) is 13.4 Å². The summed E-state index contributed by atoms with van der Waals surface area (Å²) in [7, 11) is -1.79. The summed E-state index contributed by atoms with van der Waals surface area (Å²) in [6, 6.07) is 0.0633. The molecule has 0 saturated carbocycles. The van der Waals surface area contributed by atoms with Gasteiger partial charge in [-0.15, -0.1) is 0 Å². The van der Waals surface area contributed by atoms with Crippen LogP contribution in [0, 0.1) is 0 Å². The summed E-state index contributed by atoms with van der Waals surface area (Å²) in [4.78, 5) is 6.96. The molecule has 2 rings (SSSR count). The van der Waals surface area contributed by atoms with Crippen LogP contribution in [0.2, 0.25) is 0 Å². The Morgan fingerprint density at radius 1 is 1.42 bits per heavy atom. The van der Waals surface area contributed by atoms with Crippen molar-refractivity contribution in [3.8, 4) is 0 Å². The van der Waals surface area contributed by atoms with Crippen LogP contribution in [0.3, 0.4) is 0 Å². The predicted octanol–water partition coefficient (Wildman–Crippen LogP) is 0.735. The molecule has 1 unspecified atom stereocenters. The third-order valence-corrected chi connectivity index (χ3v) is 5.48. The van der Waals surface area contributed by atoms with Gasteiger partial charge in [0.05, 0.1) is 6.20 Å². The molecule has 7 heteroatoms. The van der Waals surface area contributed by atoms with Gasteiger partial charge in [0.25, 0.3) is 10.0 Å². The lowest BCUT2D eigenvalue weighted by Crippen LogP contribution is -2.37. The van der Waals surface area contributed by atoms with Crippen LogP contribution in [0.15, 0.2) is 11.2 Å². The monoisotopic (exact) mass is 286 g/mol. The summed E-state index contributed by atoms with van der Waals surface area (Å²) >= 11 is 0. The molecule has 6 nitrogen and oxygen atoms in total. The lowest BCUT2D eigenvalue weighted by Gasteiger charge is -2.25. The van der Waals surface area contributed by atoms with Crippen LogP contribution in [0.4, 0.5) is 0 Å². The van der Waals surface area contributed by atoms with Crippen molar-refractivity contribution in [2.45, 2.75) is 43.7 Å². The Bertz CT molecular complexity index is 504. The van der Waals surface area contributed by atoms with E-state index < -0.39 is 10.0 Å². The SMILES string of the molecule is CCc1ncc(S(=O)(=O)N(C)C2CCCNCC2)[nH]1. The van der Waals surface area contributed by atoms with Crippen molar-refractivity contribution in [3.05, 3.63) is 12.0 Å². The first-order valence-electron chi connectivity index (χ1n) is 6.78. The summed E-state index contributed by atoms with van der Waals surface area (Å²) < 4.78 is 26.5. The minimum absolute atomic E-state index is 0.0633. The van der Waals surface area contributed by atoms with Crippen molar-refractivity contribution in [1.82, 2.24) is 19.6 Å². The third kappa shape index (κ3) is 3.16. The Balaban J connectivity index is 2.17. The number of nitrogens with one attached hydrogen (secondary N) is 2. The molecule has 19 heavy (non-hydrogen) atoms. The number of aryl methyl sites for hydroxylation is 1. The van der Waals surface area contributed by atoms with E-state index in [1.165, 1.54) is 10.5 Å². The molecule has 0 amide bonds. The van der Waals surface area contributed by atoms with E-state index in [2.05, 4.69) is 15.3 Å². The number of hydrogen-bond donors (Lipinski definition) is 2. The van der Waals surface area contributed by atoms with Crippen LogP contribution in [0.1, 0.15) is 32.0 Å². The first-order chi connectivity index (χ1) is 9.05. The summed E-state index contributed by atoms with van der Waals surface area (Å²) in [6.07, 6.45) is 4.88. The Kier molecular flexibility index (Phi) is 4.59. The van der Waals surface area contributed by atoms with E-state index >= 15 is 0 Å². The van der Waals surface area contributed by atoms with Gasteiger partial charge >= 0.3 is 0 Å². The molecule has 1 saturated heterocycles. The van der Waals surface area contributed by atoms with Gasteiger partial charge in [-0.05, 0) is 32.4 Å². The fourth-order valence-electron chi connectivity index (χ4n) is 2.37. The highest BCUT2D eigenvalue weighted by Crippen LogP contribution is 2.20. The fourth-order valence-corrected chi connectivity index (χ4v) is 3.72. The quantitative estimate of drug-likeness (QED) is 0.855. The van der Waals surface area contributed by atoms with E-state index in [9.17, 15) is 8.42 Å². The molecule has 0 radical (unpaired) electrons. The maximum atomic E-state index is 12.5. The average molecular weight is 286 g/mol. The van der Waals surface area contributed by atoms with E-state index in [-0.39, 0.29) is 11.1 Å². The second-order valence-corrected chi connectivity index (χ2v) is 6.87. The number of aromatic amines is 1. The van der Waals surface area contributed by atoms with Crippen LogP contribution < -0.4 is 5.32 Å². The van der Waals surface area contributed by atoms with Gasteiger partial charge in [0.1, 0.15) is 5.82 Å². The maximum Gasteiger partial charge on any atom is 0.260 e. The van der Waals surface area contributed by atoms with Crippen LogP contribution >= 0.6 is 0 Å². The second-order valence-electron chi connectivity index (χ2n) is 4.90. The molecule has 1 aromatic rings. The molecule has 0 spiro atoms. The van der Waals surface area contributed by atoms with Gasteiger partial charge in [-0.3, -0.25) is 0 Å². The zero-order valence-corrected chi connectivity index (χ0v) is 12.3. The van der Waals surface area contributed by atoms with Crippen LogP contribution in [-0.2, 0) is 16.4 Å². The van der Waals surface area contributed by atoms with Crippen molar-refractivity contribution >= 4 is 10.0 Å². The molecule has 1 aromatic heterocycles. The van der Waals surface area contributed by atoms with Crippen molar-refractivity contribution in [2.75, 3.05) is 20.1 Å². The maximum absolute atomic E-state index is 12.5. The van der Waals surface area contributed by atoms with Gasteiger partial charge in [0.2, 0.25) is 0 Å². The average Bonchev–Trinajstić information content (AvgIpc) is 2.74. The minimum atomic E-state index is -3.46. The molecule has 0 aromatic carbocycles. The standard InChI is InChI=1S/C12H22N4O2S/c1-3-11-14-9-12(15-11)19(17,18)16(2)10-5-4-7-13-8-6-10/h9-10,13H,3-8H2,1-2H3,(H,14,15). The lowest BCUT2D eigenvalue weighted by molar-refractivity contribution is 0.340. The van der Waals surface area contributed by atoms with E-state index in [0.29, 0.717) is 12.2 Å². The van der Waals surface area contributed by atoms with E-state index in [1.807, 2.05) is 6.92 Å². The number of hydrogen-bond acceptors (Lipinski definition) is 4. The van der Waals surface area contributed by atoms with Crippen molar-refractivity contribution < 1.29 is 8.42 Å². The normalized spacial score (nSPS) is 21.5. The molecule has 108 valence electrons. The van der Waals surface area contributed by atoms with Gasteiger partial charge < -0.3 is 10.3 Å². The largest absolute Gasteiger partial charge is 0.332 e. The summed E-state index contributed by atoms with van der Waals surface area (Å²) in [6.45, 7) is 3.78. The number of sulfonamides is 1. The number of H-pyrrole nitrogens is 1. The smallest absolute Gasteiger partial charge is 0.260 e. The zero-order valence-electron chi connectivity index (χ0n) is 11.5. The fraction of sp³-hybridized carbons (Fsp3) is 0.750. The molecule has 1 atom stereocenters. The van der Waals surface area contributed by atoms with Gasteiger partial charge in [-0.1, -0.05) is 6.92 Å². The molecule has 2 heterocycles. The van der Waals surface area contributed by atoms with E-state index in [1.54, 1.807) is 7.05 Å². The summed E-state index contributed by atoms with van der Waals surface area (Å²) in [5, 5.41) is 3.49. The number of aromatic nitrogens is 2. The highest BCUT2D eigenvalue weighted by Gasteiger charge is 2.29. The molecule has 1 aliphatic rings. The first-order valence-corrected chi connectivity index (χ1v) is 8.22. The predicted molar refractivity (Wildman–Crippen MR) is 73.4 cm³/mol. The Labute approximate surface area is 114 Å². The summed E-state index contributed by atoms with van der Waals surface area (Å²) in [5.74, 6) is 0.703. The van der Waals surface area contributed by atoms with Gasteiger partial charge in [0.15, 0.2) is 5.03 Å². The van der Waals surface area contributed by atoms with Crippen LogP contribution in [0.5, 0.6) is 0 Å². The molecular formula is C12H22N4O2S.